The molecule has 1 aromatic rings. The molecule has 0 spiro atoms. The van der Waals surface area contributed by atoms with E-state index in [1.165, 1.54) is 36.2 Å². The second kappa shape index (κ2) is 5.20. The molecule has 2 amide bonds. The van der Waals surface area contributed by atoms with Gasteiger partial charge < -0.3 is 10.2 Å². The third kappa shape index (κ3) is 2.79. The lowest BCUT2D eigenvalue weighted by molar-refractivity contribution is -0.117. The highest BCUT2D eigenvalue weighted by molar-refractivity contribution is 7.87. The zero-order valence-corrected chi connectivity index (χ0v) is 11.5. The lowest BCUT2D eigenvalue weighted by atomic mass is 10.2. The maximum atomic E-state index is 12.9. The Morgan fingerprint density at radius 3 is 2.40 bits per heavy atom. The summed E-state index contributed by atoms with van der Waals surface area (Å²) in [6, 6.07) is 6.07. The summed E-state index contributed by atoms with van der Waals surface area (Å²) in [7, 11) is -3.23. The van der Waals surface area contributed by atoms with Crippen LogP contribution in [-0.2, 0) is 15.0 Å². The van der Waals surface area contributed by atoms with Crippen molar-refractivity contribution < 1.29 is 21.9 Å². The van der Waals surface area contributed by atoms with Crippen LogP contribution in [0.1, 0.15) is 16.8 Å². The molecule has 1 aliphatic rings. The van der Waals surface area contributed by atoms with Crippen molar-refractivity contribution in [3.8, 4) is 0 Å². The van der Waals surface area contributed by atoms with Crippen LogP contribution in [0.15, 0.2) is 24.3 Å². The number of carbonyl (C=O) groups excluding carboxylic acids is 2. The van der Waals surface area contributed by atoms with Gasteiger partial charge in [0.25, 0.3) is 5.91 Å². The third-order valence-corrected chi connectivity index (χ3v) is 4.27. The summed E-state index contributed by atoms with van der Waals surface area (Å²) in [5.41, 5.74) is 0.853. The molecule has 0 bridgehead atoms. The normalized spacial score (nSPS) is 19.2. The van der Waals surface area contributed by atoms with Gasteiger partial charge in [-0.2, -0.15) is 8.42 Å². The van der Waals surface area contributed by atoms with Crippen molar-refractivity contribution in [2.24, 2.45) is 0 Å². The van der Waals surface area contributed by atoms with Crippen LogP contribution < -0.4 is 10.2 Å². The van der Waals surface area contributed by atoms with Gasteiger partial charge in [-0.1, -0.05) is 0 Å². The van der Waals surface area contributed by atoms with Crippen LogP contribution in [0, 0.1) is 0 Å². The van der Waals surface area contributed by atoms with E-state index < -0.39 is 21.4 Å². The van der Waals surface area contributed by atoms with Gasteiger partial charge in [0, 0.05) is 31.3 Å². The molecule has 0 saturated carbocycles. The summed E-state index contributed by atoms with van der Waals surface area (Å²) < 4.78 is 34.6. The fourth-order valence-corrected chi connectivity index (χ4v) is 2.72. The van der Waals surface area contributed by atoms with Gasteiger partial charge in [0.15, 0.2) is 0 Å². The zero-order chi connectivity index (χ0) is 14.9. The first-order valence-electron chi connectivity index (χ1n) is 5.89. The molecule has 2 rings (SSSR count). The first-order chi connectivity index (χ1) is 9.32. The second-order valence-electron chi connectivity index (χ2n) is 4.43. The average molecular weight is 300 g/mol. The Balaban J connectivity index is 2.21. The van der Waals surface area contributed by atoms with Gasteiger partial charge in [0.05, 0.1) is 0 Å². The number of nitrogens with zero attached hydrogens (tertiary/aromatic N) is 1. The lowest BCUT2D eigenvalue weighted by Crippen LogP contribution is -2.27. The summed E-state index contributed by atoms with van der Waals surface area (Å²) in [4.78, 5) is 24.3. The predicted octanol–water partition coefficient (Wildman–Crippen LogP) is 0.451. The minimum atomic E-state index is -4.73. The SMILES string of the molecule is CNC(=O)c1ccc(N2CC(S(=O)(=O)F)CC2=O)cc1. The van der Waals surface area contributed by atoms with E-state index in [4.69, 9.17) is 0 Å². The first-order valence-corrected chi connectivity index (χ1v) is 7.33. The van der Waals surface area contributed by atoms with E-state index in [1.807, 2.05) is 0 Å². The smallest absolute Gasteiger partial charge is 0.307 e. The Morgan fingerprint density at radius 2 is 1.95 bits per heavy atom. The Morgan fingerprint density at radius 1 is 1.35 bits per heavy atom. The van der Waals surface area contributed by atoms with Crippen LogP contribution in [-0.4, -0.2) is 39.1 Å². The van der Waals surface area contributed by atoms with Crippen LogP contribution in [0.25, 0.3) is 0 Å². The van der Waals surface area contributed by atoms with Gasteiger partial charge in [-0.15, -0.1) is 3.89 Å². The van der Waals surface area contributed by atoms with Crippen molar-refractivity contribution >= 4 is 27.7 Å². The minimum Gasteiger partial charge on any atom is -0.355 e. The van der Waals surface area contributed by atoms with E-state index >= 15 is 0 Å². The van der Waals surface area contributed by atoms with Crippen molar-refractivity contribution in [3.05, 3.63) is 29.8 Å². The van der Waals surface area contributed by atoms with Crippen LogP contribution in [0.4, 0.5) is 9.57 Å². The van der Waals surface area contributed by atoms with Crippen LogP contribution >= 0.6 is 0 Å². The number of amides is 2. The predicted molar refractivity (Wildman–Crippen MR) is 70.6 cm³/mol. The Bertz CT molecular complexity index is 642. The monoisotopic (exact) mass is 300 g/mol. The van der Waals surface area contributed by atoms with E-state index in [0.717, 1.165) is 0 Å². The maximum absolute atomic E-state index is 12.9. The molecule has 6 nitrogen and oxygen atoms in total. The number of benzene rings is 1. The molecule has 0 aromatic heterocycles. The van der Waals surface area contributed by atoms with Crippen molar-refractivity contribution in [2.45, 2.75) is 11.7 Å². The van der Waals surface area contributed by atoms with Gasteiger partial charge in [-0.25, -0.2) is 0 Å². The minimum absolute atomic E-state index is 0.211. The van der Waals surface area contributed by atoms with Crippen LogP contribution in [0.3, 0.4) is 0 Å². The van der Waals surface area contributed by atoms with Gasteiger partial charge in [-0.3, -0.25) is 9.59 Å². The molecule has 1 saturated heterocycles. The first kappa shape index (κ1) is 14.4. The number of carbonyl (C=O) groups is 2. The molecule has 20 heavy (non-hydrogen) atoms. The molecule has 108 valence electrons. The van der Waals surface area contributed by atoms with Crippen molar-refractivity contribution in [2.75, 3.05) is 18.5 Å². The topological polar surface area (TPSA) is 83.6 Å². The van der Waals surface area contributed by atoms with Crippen LogP contribution in [0.2, 0.25) is 0 Å². The lowest BCUT2D eigenvalue weighted by Gasteiger charge is -2.16. The number of halogens is 1. The molecule has 1 aromatic carbocycles. The molecule has 8 heteroatoms. The molecule has 1 aliphatic heterocycles. The van der Waals surface area contributed by atoms with E-state index in [2.05, 4.69) is 5.32 Å². The molecule has 1 unspecified atom stereocenters. The molecule has 1 heterocycles. The largest absolute Gasteiger partial charge is 0.355 e. The van der Waals surface area contributed by atoms with Crippen LogP contribution in [0.5, 0.6) is 0 Å². The van der Waals surface area contributed by atoms with E-state index in [0.29, 0.717) is 11.3 Å². The quantitative estimate of drug-likeness (QED) is 0.822. The maximum Gasteiger partial charge on any atom is 0.307 e. The number of rotatable bonds is 3. The highest BCUT2D eigenvalue weighted by atomic mass is 32.3. The van der Waals surface area contributed by atoms with Crippen molar-refractivity contribution in [1.82, 2.24) is 5.32 Å². The van der Waals surface area contributed by atoms with Crippen molar-refractivity contribution in [3.63, 3.8) is 0 Å². The van der Waals surface area contributed by atoms with E-state index in [1.54, 1.807) is 0 Å². The van der Waals surface area contributed by atoms with Gasteiger partial charge in [0.2, 0.25) is 5.91 Å². The second-order valence-corrected chi connectivity index (χ2v) is 6.05. The highest BCUT2D eigenvalue weighted by Crippen LogP contribution is 2.26. The molecule has 1 fully saturated rings. The number of nitrogens with one attached hydrogen (secondary N) is 1. The summed E-state index contributed by atoms with van der Waals surface area (Å²) in [5, 5.41) is 1.13. The summed E-state index contributed by atoms with van der Waals surface area (Å²) in [5.74, 6) is -0.725. The standard InChI is InChI=1S/C12H13FN2O4S/c1-14-12(17)8-2-4-9(5-3-8)15-7-10(6-11(15)16)20(13,18)19/h2-5,10H,6-7H2,1H3,(H,14,17). The summed E-state index contributed by atoms with van der Waals surface area (Å²) in [6.45, 7) is -0.211. The van der Waals surface area contributed by atoms with Gasteiger partial charge in [-0.05, 0) is 24.3 Å². The number of hydrogen-bond acceptors (Lipinski definition) is 4. The summed E-state index contributed by atoms with van der Waals surface area (Å²) in [6.07, 6.45) is -0.365. The Kier molecular flexibility index (Phi) is 3.76. The zero-order valence-electron chi connectivity index (χ0n) is 10.7. The molecular formula is C12H13FN2O4S. The number of anilines is 1. The molecule has 0 radical (unpaired) electrons. The van der Waals surface area contributed by atoms with E-state index in [9.17, 15) is 21.9 Å². The molecule has 0 aliphatic carbocycles. The fourth-order valence-electron chi connectivity index (χ4n) is 2.05. The molecule has 1 N–H and O–H groups in total. The highest BCUT2D eigenvalue weighted by Gasteiger charge is 2.39. The van der Waals surface area contributed by atoms with Gasteiger partial charge >= 0.3 is 10.2 Å². The van der Waals surface area contributed by atoms with Gasteiger partial charge in [0.1, 0.15) is 5.25 Å². The average Bonchev–Trinajstić information content (AvgIpc) is 2.80. The number of hydrogen-bond donors (Lipinski definition) is 1. The Labute approximate surface area is 115 Å². The molecule has 1 atom stereocenters. The van der Waals surface area contributed by atoms with E-state index in [-0.39, 0.29) is 18.9 Å². The third-order valence-electron chi connectivity index (χ3n) is 3.16. The Hall–Kier alpha value is -1.96. The fraction of sp³-hybridized carbons (Fsp3) is 0.333. The molecular weight excluding hydrogens is 287 g/mol. The summed E-state index contributed by atoms with van der Waals surface area (Å²) >= 11 is 0. The van der Waals surface area contributed by atoms with Crippen molar-refractivity contribution in [1.29, 1.82) is 0 Å².